The number of hydrogen-bond acceptors (Lipinski definition) is 2. The van der Waals surface area contributed by atoms with Crippen LogP contribution in [0.15, 0.2) is 18.5 Å². The highest BCUT2D eigenvalue weighted by atomic mass is 16.2. The van der Waals surface area contributed by atoms with Crippen LogP contribution in [0.3, 0.4) is 0 Å². The monoisotopic (exact) mass is 205 g/mol. The van der Waals surface area contributed by atoms with Gasteiger partial charge in [0.2, 0.25) is 0 Å². The van der Waals surface area contributed by atoms with Crippen molar-refractivity contribution in [1.29, 1.82) is 0 Å². The Bertz CT molecular complexity index is 401. The van der Waals surface area contributed by atoms with Gasteiger partial charge in [0.25, 0.3) is 0 Å². The Hall–Kier alpha value is -1.58. The number of pyridine rings is 1. The van der Waals surface area contributed by atoms with Gasteiger partial charge in [0.15, 0.2) is 0 Å². The average molecular weight is 205 g/mol. The molecule has 2 heterocycles. The molecule has 1 aliphatic rings. The van der Waals surface area contributed by atoms with E-state index in [-0.39, 0.29) is 11.6 Å². The Kier molecular flexibility index (Phi) is 2.14. The zero-order valence-electron chi connectivity index (χ0n) is 9.24. The second kappa shape index (κ2) is 3.22. The summed E-state index contributed by atoms with van der Waals surface area (Å²) in [7, 11) is 0. The van der Waals surface area contributed by atoms with Crippen molar-refractivity contribution in [2.45, 2.75) is 26.3 Å². The van der Waals surface area contributed by atoms with Crippen LogP contribution in [-0.4, -0.2) is 23.1 Å². The predicted octanol–water partition coefficient (Wildman–Crippen LogP) is 1.70. The zero-order chi connectivity index (χ0) is 11.1. The van der Waals surface area contributed by atoms with Crippen molar-refractivity contribution >= 4 is 11.7 Å². The minimum absolute atomic E-state index is 0.0453. The summed E-state index contributed by atoms with van der Waals surface area (Å²) in [6, 6.07) is 1.87. The Labute approximate surface area is 89.3 Å². The minimum Gasteiger partial charge on any atom is -0.331 e. The van der Waals surface area contributed by atoms with E-state index in [1.54, 1.807) is 17.3 Å². The third-order valence-corrected chi connectivity index (χ3v) is 2.55. The van der Waals surface area contributed by atoms with Crippen molar-refractivity contribution in [2.24, 2.45) is 0 Å². The number of amides is 2. The Morgan fingerprint density at radius 3 is 2.80 bits per heavy atom. The maximum Gasteiger partial charge on any atom is 0.322 e. The van der Waals surface area contributed by atoms with Gasteiger partial charge < -0.3 is 5.32 Å². The van der Waals surface area contributed by atoms with Crippen LogP contribution >= 0.6 is 0 Å². The number of aromatic nitrogens is 1. The molecule has 80 valence electrons. The van der Waals surface area contributed by atoms with Gasteiger partial charge in [0, 0.05) is 6.20 Å². The van der Waals surface area contributed by atoms with E-state index in [9.17, 15) is 4.79 Å². The molecule has 1 fully saturated rings. The first-order valence-electron chi connectivity index (χ1n) is 5.00. The molecule has 1 aliphatic heterocycles. The maximum atomic E-state index is 11.7. The first kappa shape index (κ1) is 9.96. The molecular formula is C11H15N3O. The third-order valence-electron chi connectivity index (χ3n) is 2.55. The van der Waals surface area contributed by atoms with Crippen LogP contribution in [0.4, 0.5) is 10.5 Å². The van der Waals surface area contributed by atoms with E-state index in [1.807, 2.05) is 26.8 Å². The lowest BCUT2D eigenvalue weighted by Crippen LogP contribution is -2.36. The fourth-order valence-corrected chi connectivity index (χ4v) is 1.80. The molecule has 1 N–H and O–H groups in total. The number of nitrogens with zero attached hydrogens (tertiary/aromatic N) is 2. The number of rotatable bonds is 1. The van der Waals surface area contributed by atoms with E-state index in [0.29, 0.717) is 6.54 Å². The van der Waals surface area contributed by atoms with Crippen LogP contribution in [0, 0.1) is 6.92 Å². The van der Waals surface area contributed by atoms with Crippen LogP contribution < -0.4 is 10.2 Å². The number of aryl methyl sites for hydroxylation is 1. The lowest BCUT2D eigenvalue weighted by atomic mass is 10.1. The smallest absolute Gasteiger partial charge is 0.322 e. The highest BCUT2D eigenvalue weighted by molar-refractivity contribution is 5.95. The van der Waals surface area contributed by atoms with Crippen LogP contribution in [0.1, 0.15) is 19.4 Å². The molecule has 2 amide bonds. The van der Waals surface area contributed by atoms with Crippen molar-refractivity contribution < 1.29 is 4.79 Å². The molecule has 0 radical (unpaired) electrons. The fraction of sp³-hybridized carbons (Fsp3) is 0.455. The van der Waals surface area contributed by atoms with Crippen LogP contribution in [0.2, 0.25) is 0 Å². The summed E-state index contributed by atoms with van der Waals surface area (Å²) in [6.45, 7) is 6.68. The second-order valence-electron chi connectivity index (χ2n) is 4.56. The normalized spacial score (nSPS) is 19.1. The van der Waals surface area contributed by atoms with Gasteiger partial charge in [-0.1, -0.05) is 0 Å². The summed E-state index contributed by atoms with van der Waals surface area (Å²) in [6.07, 6.45) is 3.47. The molecule has 15 heavy (non-hydrogen) atoms. The number of carbonyl (C=O) groups is 1. The van der Waals surface area contributed by atoms with Crippen molar-refractivity contribution in [3.8, 4) is 0 Å². The molecule has 2 rings (SSSR count). The Morgan fingerprint density at radius 1 is 1.53 bits per heavy atom. The molecule has 1 aromatic rings. The fourth-order valence-electron chi connectivity index (χ4n) is 1.80. The quantitative estimate of drug-likeness (QED) is 0.758. The standard InChI is InChI=1S/C11H15N3O/c1-8-4-5-12-6-9(8)14-7-11(2,3)13-10(14)15/h4-6H,7H2,1-3H3,(H,13,15). The molecule has 1 saturated heterocycles. The number of carbonyl (C=O) groups excluding carboxylic acids is 1. The SMILES string of the molecule is Cc1ccncc1N1CC(C)(C)NC1=O. The summed E-state index contributed by atoms with van der Waals surface area (Å²) in [5.74, 6) is 0. The molecule has 0 unspecified atom stereocenters. The number of anilines is 1. The van der Waals surface area contributed by atoms with Crippen molar-refractivity contribution in [3.63, 3.8) is 0 Å². The Balaban J connectivity index is 2.34. The largest absolute Gasteiger partial charge is 0.331 e. The molecule has 4 nitrogen and oxygen atoms in total. The first-order chi connectivity index (χ1) is 6.99. The highest BCUT2D eigenvalue weighted by Crippen LogP contribution is 2.24. The van der Waals surface area contributed by atoms with Crippen LogP contribution in [0.5, 0.6) is 0 Å². The molecule has 0 bridgehead atoms. The van der Waals surface area contributed by atoms with Crippen molar-refractivity contribution in [3.05, 3.63) is 24.0 Å². The summed E-state index contributed by atoms with van der Waals surface area (Å²) in [4.78, 5) is 17.5. The lowest BCUT2D eigenvalue weighted by molar-refractivity contribution is 0.248. The van der Waals surface area contributed by atoms with Gasteiger partial charge in [-0.15, -0.1) is 0 Å². The van der Waals surface area contributed by atoms with E-state index >= 15 is 0 Å². The van der Waals surface area contributed by atoms with E-state index in [2.05, 4.69) is 10.3 Å². The van der Waals surface area contributed by atoms with Crippen molar-refractivity contribution in [1.82, 2.24) is 10.3 Å². The lowest BCUT2D eigenvalue weighted by Gasteiger charge is -2.18. The number of nitrogens with one attached hydrogen (secondary N) is 1. The summed E-state index contributed by atoms with van der Waals surface area (Å²) < 4.78 is 0. The van der Waals surface area contributed by atoms with E-state index in [0.717, 1.165) is 11.3 Å². The molecular weight excluding hydrogens is 190 g/mol. The second-order valence-corrected chi connectivity index (χ2v) is 4.56. The highest BCUT2D eigenvalue weighted by Gasteiger charge is 2.36. The van der Waals surface area contributed by atoms with Crippen LogP contribution in [-0.2, 0) is 0 Å². The zero-order valence-corrected chi connectivity index (χ0v) is 9.24. The minimum atomic E-state index is -0.167. The summed E-state index contributed by atoms with van der Waals surface area (Å²) in [5, 5.41) is 2.93. The molecule has 0 atom stereocenters. The third kappa shape index (κ3) is 1.79. The van der Waals surface area contributed by atoms with E-state index in [4.69, 9.17) is 0 Å². The summed E-state index contributed by atoms with van der Waals surface area (Å²) in [5.41, 5.74) is 1.79. The molecule has 4 heteroatoms. The topological polar surface area (TPSA) is 45.2 Å². The number of urea groups is 1. The van der Waals surface area contributed by atoms with Gasteiger partial charge in [0.1, 0.15) is 0 Å². The molecule has 1 aromatic heterocycles. The average Bonchev–Trinajstić information content (AvgIpc) is 2.40. The summed E-state index contributed by atoms with van der Waals surface area (Å²) >= 11 is 0. The number of hydrogen-bond donors (Lipinski definition) is 1. The Morgan fingerprint density at radius 2 is 2.27 bits per heavy atom. The van der Waals surface area contributed by atoms with Gasteiger partial charge in [-0.3, -0.25) is 9.88 Å². The first-order valence-corrected chi connectivity index (χ1v) is 5.00. The molecule has 0 aromatic carbocycles. The van der Waals surface area contributed by atoms with Crippen molar-refractivity contribution in [2.75, 3.05) is 11.4 Å². The van der Waals surface area contributed by atoms with Crippen LogP contribution in [0.25, 0.3) is 0 Å². The molecule has 0 aliphatic carbocycles. The molecule has 0 saturated carbocycles. The maximum absolute atomic E-state index is 11.7. The van der Waals surface area contributed by atoms with Gasteiger partial charge in [0.05, 0.1) is 24.0 Å². The molecule has 0 spiro atoms. The van der Waals surface area contributed by atoms with Gasteiger partial charge >= 0.3 is 6.03 Å². The van der Waals surface area contributed by atoms with E-state index in [1.165, 1.54) is 0 Å². The van der Waals surface area contributed by atoms with Gasteiger partial charge in [-0.05, 0) is 32.4 Å². The van der Waals surface area contributed by atoms with Gasteiger partial charge in [-0.2, -0.15) is 0 Å². The van der Waals surface area contributed by atoms with Gasteiger partial charge in [-0.25, -0.2) is 4.79 Å². The predicted molar refractivity (Wildman–Crippen MR) is 58.9 cm³/mol. The van der Waals surface area contributed by atoms with E-state index < -0.39 is 0 Å².